The van der Waals surface area contributed by atoms with Gasteiger partial charge in [-0.25, -0.2) is 4.79 Å². The maximum Gasteiger partial charge on any atom is 0.408 e. The Hall–Kier alpha value is -3.43. The number of likely N-dealkylation sites (N-methyl/N-ethyl adjacent to an activating group) is 1. The van der Waals surface area contributed by atoms with Gasteiger partial charge in [0.25, 0.3) is 5.91 Å². The topological polar surface area (TPSA) is 134 Å². The minimum absolute atomic E-state index is 0.227. The summed E-state index contributed by atoms with van der Waals surface area (Å²) in [5.74, 6) is -2.90. The number of hydrogen-bond acceptors (Lipinski definition) is 6. The highest BCUT2D eigenvalue weighted by Crippen LogP contribution is 2.14. The number of rotatable bonds is 10. The van der Waals surface area contributed by atoms with Gasteiger partial charge in [-0.3, -0.25) is 19.2 Å². The molecule has 0 saturated heterocycles. The molecular formula is C23H34N4O6. The molecule has 182 valence electrons. The molecule has 0 aliphatic rings. The summed E-state index contributed by atoms with van der Waals surface area (Å²) < 4.78 is 5.14. The van der Waals surface area contributed by atoms with Crippen molar-refractivity contribution in [3.8, 4) is 0 Å². The van der Waals surface area contributed by atoms with Crippen LogP contribution < -0.4 is 16.0 Å². The first kappa shape index (κ1) is 27.6. The molecule has 0 aliphatic carbocycles. The summed E-state index contributed by atoms with van der Waals surface area (Å²) in [7, 11) is 3.13. The predicted molar refractivity (Wildman–Crippen MR) is 122 cm³/mol. The van der Waals surface area contributed by atoms with Gasteiger partial charge in [0, 0.05) is 14.1 Å². The van der Waals surface area contributed by atoms with E-state index >= 15 is 0 Å². The first-order chi connectivity index (χ1) is 15.4. The van der Waals surface area contributed by atoms with Crippen LogP contribution in [0.2, 0.25) is 0 Å². The van der Waals surface area contributed by atoms with Crippen LogP contribution >= 0.6 is 0 Å². The van der Waals surface area contributed by atoms with E-state index in [-0.39, 0.29) is 12.3 Å². The lowest BCUT2D eigenvalue weighted by atomic mass is 10.1. The third-order valence-corrected chi connectivity index (χ3v) is 4.34. The van der Waals surface area contributed by atoms with Crippen molar-refractivity contribution in [2.45, 2.75) is 58.2 Å². The van der Waals surface area contributed by atoms with Crippen LogP contribution in [0, 0.1) is 0 Å². The smallest absolute Gasteiger partial charge is 0.408 e. The number of carbonyl (C=O) groups excluding carboxylic acids is 5. The second-order valence-electron chi connectivity index (χ2n) is 8.68. The Morgan fingerprint density at radius 2 is 1.61 bits per heavy atom. The zero-order valence-electron chi connectivity index (χ0n) is 20.1. The number of nitrogens with one attached hydrogen (secondary N) is 3. The number of Topliss-reactive ketones (excluding diaryl/α,β-unsaturated/α-hetero) is 1. The monoisotopic (exact) mass is 462 g/mol. The first-order valence-corrected chi connectivity index (χ1v) is 10.7. The number of amides is 4. The van der Waals surface area contributed by atoms with E-state index in [1.807, 2.05) is 0 Å². The SMILES string of the molecule is CCCC(NC(=O)OC(C)(C)C)C(=O)C(=O)NCC(=O)N[C@H](C(=O)N(C)C)c1ccccc1. The highest BCUT2D eigenvalue weighted by Gasteiger charge is 2.29. The fourth-order valence-electron chi connectivity index (χ4n) is 2.82. The van der Waals surface area contributed by atoms with Gasteiger partial charge >= 0.3 is 6.09 Å². The summed E-state index contributed by atoms with van der Waals surface area (Å²) in [6.45, 7) is 6.32. The summed E-state index contributed by atoms with van der Waals surface area (Å²) in [6.07, 6.45) is -0.0519. The highest BCUT2D eigenvalue weighted by atomic mass is 16.6. The van der Waals surface area contributed by atoms with E-state index in [1.165, 1.54) is 4.90 Å². The molecule has 1 rings (SSSR count). The molecule has 1 aromatic rings. The van der Waals surface area contributed by atoms with Crippen LogP contribution in [0.25, 0.3) is 0 Å². The van der Waals surface area contributed by atoms with Crippen LogP contribution in [0.1, 0.15) is 52.1 Å². The fourth-order valence-corrected chi connectivity index (χ4v) is 2.82. The van der Waals surface area contributed by atoms with Crippen molar-refractivity contribution in [3.63, 3.8) is 0 Å². The van der Waals surface area contributed by atoms with Crippen molar-refractivity contribution in [2.75, 3.05) is 20.6 Å². The van der Waals surface area contributed by atoms with Crippen LogP contribution in [-0.2, 0) is 23.9 Å². The lowest BCUT2D eigenvalue weighted by Crippen LogP contribution is -2.50. The molecule has 3 N–H and O–H groups in total. The molecule has 10 heteroatoms. The summed E-state index contributed by atoms with van der Waals surface area (Å²) >= 11 is 0. The van der Waals surface area contributed by atoms with Gasteiger partial charge in [-0.05, 0) is 32.8 Å². The first-order valence-electron chi connectivity index (χ1n) is 10.7. The Balaban J connectivity index is 2.75. The molecule has 1 unspecified atom stereocenters. The molecule has 0 bridgehead atoms. The average molecular weight is 463 g/mol. The molecule has 0 saturated carbocycles. The van der Waals surface area contributed by atoms with E-state index in [0.29, 0.717) is 12.0 Å². The van der Waals surface area contributed by atoms with Gasteiger partial charge in [-0.2, -0.15) is 0 Å². The predicted octanol–water partition coefficient (Wildman–Crippen LogP) is 1.31. The lowest BCUT2D eigenvalue weighted by molar-refractivity contribution is -0.140. The second-order valence-corrected chi connectivity index (χ2v) is 8.68. The molecule has 0 heterocycles. The molecule has 0 aliphatic heterocycles. The van der Waals surface area contributed by atoms with Gasteiger partial charge in [0.05, 0.1) is 6.54 Å². The second kappa shape index (κ2) is 12.6. The molecule has 1 aromatic carbocycles. The number of hydrogen-bond donors (Lipinski definition) is 3. The fraction of sp³-hybridized carbons (Fsp3) is 0.522. The third-order valence-electron chi connectivity index (χ3n) is 4.34. The Bertz CT molecular complexity index is 848. The molecule has 0 spiro atoms. The van der Waals surface area contributed by atoms with Gasteiger partial charge in [-0.15, -0.1) is 0 Å². The average Bonchev–Trinajstić information content (AvgIpc) is 2.73. The van der Waals surface area contributed by atoms with Crippen molar-refractivity contribution in [1.29, 1.82) is 0 Å². The van der Waals surface area contributed by atoms with Gasteiger partial charge in [0.15, 0.2) is 0 Å². The van der Waals surface area contributed by atoms with E-state index in [0.717, 1.165) is 0 Å². The van der Waals surface area contributed by atoms with Gasteiger partial charge in [0.2, 0.25) is 17.6 Å². The van der Waals surface area contributed by atoms with Crippen LogP contribution in [0.15, 0.2) is 30.3 Å². The molecule has 10 nitrogen and oxygen atoms in total. The Morgan fingerprint density at radius 1 is 1.00 bits per heavy atom. The molecule has 2 atom stereocenters. The summed E-state index contributed by atoms with van der Waals surface area (Å²) in [4.78, 5) is 63.1. The van der Waals surface area contributed by atoms with E-state index in [2.05, 4.69) is 16.0 Å². The summed E-state index contributed by atoms with van der Waals surface area (Å²) in [5.41, 5.74) is -0.180. The number of ether oxygens (including phenoxy) is 1. The Labute approximate surface area is 194 Å². The minimum Gasteiger partial charge on any atom is -0.444 e. The minimum atomic E-state index is -1.08. The number of nitrogens with zero attached hydrogens (tertiary/aromatic N) is 1. The maximum atomic E-state index is 12.5. The Kier molecular flexibility index (Phi) is 10.5. The maximum absolute atomic E-state index is 12.5. The van der Waals surface area contributed by atoms with Crippen molar-refractivity contribution in [3.05, 3.63) is 35.9 Å². The third kappa shape index (κ3) is 9.71. The van der Waals surface area contributed by atoms with Crippen LogP contribution in [0.4, 0.5) is 4.79 Å². The number of benzene rings is 1. The van der Waals surface area contributed by atoms with E-state index in [4.69, 9.17) is 4.74 Å². The van der Waals surface area contributed by atoms with Crippen LogP contribution in [0.3, 0.4) is 0 Å². The molecule has 0 fully saturated rings. The Morgan fingerprint density at radius 3 is 2.12 bits per heavy atom. The van der Waals surface area contributed by atoms with E-state index < -0.39 is 47.9 Å². The van der Waals surface area contributed by atoms with Crippen molar-refractivity contribution < 1.29 is 28.7 Å². The van der Waals surface area contributed by atoms with E-state index in [1.54, 1.807) is 72.1 Å². The molecular weight excluding hydrogens is 428 g/mol. The number of ketones is 1. The van der Waals surface area contributed by atoms with Crippen LogP contribution in [0.5, 0.6) is 0 Å². The quantitative estimate of drug-likeness (QED) is 0.449. The largest absolute Gasteiger partial charge is 0.444 e. The molecule has 0 radical (unpaired) electrons. The zero-order chi connectivity index (χ0) is 25.2. The van der Waals surface area contributed by atoms with Crippen molar-refractivity contribution >= 4 is 29.6 Å². The van der Waals surface area contributed by atoms with Crippen molar-refractivity contribution in [1.82, 2.24) is 20.9 Å². The van der Waals surface area contributed by atoms with E-state index in [9.17, 15) is 24.0 Å². The normalized spacial score (nSPS) is 12.7. The standard InChI is InChI=1S/C23H34N4O6/c1-7-11-16(25-22(32)33-23(2,3)4)19(29)20(30)24-14-17(28)26-18(21(31)27(5)6)15-12-9-8-10-13-15/h8-10,12-13,16,18H,7,11,14H2,1-6H3,(H,24,30)(H,25,32)(H,26,28)/t16?,18-/m0/s1. The van der Waals surface area contributed by atoms with Gasteiger partial charge < -0.3 is 25.6 Å². The number of alkyl carbamates (subject to hydrolysis) is 1. The number of carbonyl (C=O) groups is 5. The summed E-state index contributed by atoms with van der Waals surface area (Å²) in [6, 6.07) is 6.64. The highest BCUT2D eigenvalue weighted by molar-refractivity contribution is 6.38. The molecule has 33 heavy (non-hydrogen) atoms. The summed E-state index contributed by atoms with van der Waals surface area (Å²) in [5, 5.41) is 7.23. The van der Waals surface area contributed by atoms with Crippen molar-refractivity contribution in [2.24, 2.45) is 0 Å². The molecule has 0 aromatic heterocycles. The van der Waals surface area contributed by atoms with Crippen LogP contribution in [-0.4, -0.2) is 66.8 Å². The van der Waals surface area contributed by atoms with Gasteiger partial charge in [0.1, 0.15) is 17.7 Å². The lowest BCUT2D eigenvalue weighted by Gasteiger charge is -2.23. The zero-order valence-corrected chi connectivity index (χ0v) is 20.1. The molecule has 4 amide bonds. The van der Waals surface area contributed by atoms with Gasteiger partial charge in [-0.1, -0.05) is 43.7 Å².